The number of ether oxygens (including phenoxy) is 1. The molecule has 0 aliphatic carbocycles. The molecule has 0 radical (unpaired) electrons. The number of anilines is 1. The van der Waals surface area contributed by atoms with E-state index < -0.39 is 0 Å². The molecular weight excluding hydrogens is 196 g/mol. The molecule has 0 aliphatic heterocycles. The van der Waals surface area contributed by atoms with Crippen LogP contribution in [0.1, 0.15) is 6.92 Å². The van der Waals surface area contributed by atoms with Crippen molar-refractivity contribution in [2.75, 3.05) is 19.0 Å². The summed E-state index contributed by atoms with van der Waals surface area (Å²) < 4.78 is 10.8. The first kappa shape index (κ1) is 9.27. The summed E-state index contributed by atoms with van der Waals surface area (Å²) in [4.78, 5) is 0. The first-order chi connectivity index (χ1) is 6.86. The molecule has 1 heterocycles. The van der Waals surface area contributed by atoms with Crippen LogP contribution in [0.15, 0.2) is 18.2 Å². The average molecular weight is 208 g/mol. The van der Waals surface area contributed by atoms with Gasteiger partial charge in [-0.15, -0.1) is 0 Å². The lowest BCUT2D eigenvalue weighted by Crippen LogP contribution is -1.97. The Morgan fingerprint density at radius 1 is 1.50 bits per heavy atom. The van der Waals surface area contributed by atoms with E-state index in [1.807, 2.05) is 12.1 Å². The molecule has 0 bridgehead atoms. The van der Waals surface area contributed by atoms with Crippen molar-refractivity contribution in [3.8, 4) is 5.75 Å². The summed E-state index contributed by atoms with van der Waals surface area (Å²) in [5.74, 6) is 1.80. The lowest BCUT2D eigenvalue weighted by molar-refractivity contribution is 0.420. The molecule has 0 unspecified atom stereocenters. The Morgan fingerprint density at radius 2 is 2.36 bits per heavy atom. The van der Waals surface area contributed by atoms with Gasteiger partial charge in [-0.3, -0.25) is 0 Å². The zero-order valence-corrected chi connectivity index (χ0v) is 9.02. The fourth-order valence-electron chi connectivity index (χ4n) is 1.42. The molecule has 74 valence electrons. The van der Waals surface area contributed by atoms with Gasteiger partial charge in [-0.2, -0.15) is 4.37 Å². The highest BCUT2D eigenvalue weighted by atomic mass is 32.1. The van der Waals surface area contributed by atoms with Gasteiger partial charge in [0.25, 0.3) is 0 Å². The third-order valence-corrected chi connectivity index (χ3v) is 2.83. The van der Waals surface area contributed by atoms with Gasteiger partial charge in [0.2, 0.25) is 0 Å². The molecule has 0 aliphatic rings. The minimum absolute atomic E-state index is 0.872. The number of methoxy groups -OCH3 is 1. The molecule has 1 N–H and O–H groups in total. The summed E-state index contributed by atoms with van der Waals surface area (Å²) in [7, 11) is 1.68. The van der Waals surface area contributed by atoms with Crippen molar-refractivity contribution >= 4 is 27.4 Å². The molecule has 0 atom stereocenters. The van der Waals surface area contributed by atoms with Gasteiger partial charge in [0.1, 0.15) is 5.75 Å². The summed E-state index contributed by atoms with van der Waals surface area (Å²) in [6.07, 6.45) is 0. The first-order valence-electron chi connectivity index (χ1n) is 4.53. The molecule has 1 aromatic carbocycles. The Kier molecular flexibility index (Phi) is 2.54. The highest BCUT2D eigenvalue weighted by Crippen LogP contribution is 2.34. The Morgan fingerprint density at radius 3 is 3.07 bits per heavy atom. The van der Waals surface area contributed by atoms with Crippen LogP contribution in [0.4, 0.5) is 5.82 Å². The zero-order valence-electron chi connectivity index (χ0n) is 8.20. The van der Waals surface area contributed by atoms with Crippen LogP contribution in [0.25, 0.3) is 10.1 Å². The molecule has 2 aromatic rings. The van der Waals surface area contributed by atoms with Crippen molar-refractivity contribution in [1.82, 2.24) is 4.37 Å². The molecule has 0 fully saturated rings. The third kappa shape index (κ3) is 1.42. The second-order valence-corrected chi connectivity index (χ2v) is 3.70. The summed E-state index contributed by atoms with van der Waals surface area (Å²) in [6, 6.07) is 5.99. The predicted molar refractivity (Wildman–Crippen MR) is 60.3 cm³/mol. The van der Waals surface area contributed by atoms with Gasteiger partial charge in [0.05, 0.1) is 17.2 Å². The van der Waals surface area contributed by atoms with E-state index in [0.29, 0.717) is 0 Å². The third-order valence-electron chi connectivity index (χ3n) is 2.02. The van der Waals surface area contributed by atoms with Crippen LogP contribution >= 0.6 is 11.5 Å². The molecule has 14 heavy (non-hydrogen) atoms. The van der Waals surface area contributed by atoms with Gasteiger partial charge in [-0.25, -0.2) is 0 Å². The number of hydrogen-bond acceptors (Lipinski definition) is 4. The standard InChI is InChI=1S/C10H12N2OS/c1-3-11-10-9-7(13-2)5-4-6-8(9)14-12-10/h4-6H,3H2,1-2H3,(H,11,12). The van der Waals surface area contributed by atoms with Crippen LogP contribution in [0.5, 0.6) is 5.75 Å². The maximum Gasteiger partial charge on any atom is 0.151 e. The highest BCUT2D eigenvalue weighted by molar-refractivity contribution is 7.13. The lowest BCUT2D eigenvalue weighted by atomic mass is 10.2. The van der Waals surface area contributed by atoms with Crippen molar-refractivity contribution in [3.63, 3.8) is 0 Å². The van der Waals surface area contributed by atoms with E-state index in [2.05, 4.69) is 22.7 Å². The Labute approximate surface area is 86.9 Å². The maximum atomic E-state index is 5.30. The van der Waals surface area contributed by atoms with E-state index >= 15 is 0 Å². The largest absolute Gasteiger partial charge is 0.496 e. The van der Waals surface area contributed by atoms with Gasteiger partial charge in [0, 0.05) is 6.54 Å². The second-order valence-electron chi connectivity index (χ2n) is 2.89. The van der Waals surface area contributed by atoms with Gasteiger partial charge in [-0.05, 0) is 30.6 Å². The maximum absolute atomic E-state index is 5.30. The number of benzene rings is 1. The van der Waals surface area contributed by atoms with Gasteiger partial charge in [-0.1, -0.05) is 6.07 Å². The van der Waals surface area contributed by atoms with Crippen molar-refractivity contribution in [2.24, 2.45) is 0 Å². The van der Waals surface area contributed by atoms with Crippen molar-refractivity contribution in [1.29, 1.82) is 0 Å². The molecular formula is C10H12N2OS. The second kappa shape index (κ2) is 3.84. The first-order valence-corrected chi connectivity index (χ1v) is 5.30. The minimum Gasteiger partial charge on any atom is -0.496 e. The number of fused-ring (bicyclic) bond motifs is 1. The number of hydrogen-bond donors (Lipinski definition) is 1. The minimum atomic E-state index is 0.872. The van der Waals surface area contributed by atoms with Crippen molar-refractivity contribution in [2.45, 2.75) is 6.92 Å². The summed E-state index contributed by atoms with van der Waals surface area (Å²) in [6.45, 7) is 2.93. The molecule has 0 saturated heterocycles. The van der Waals surface area contributed by atoms with E-state index in [9.17, 15) is 0 Å². The van der Waals surface area contributed by atoms with E-state index in [1.54, 1.807) is 7.11 Å². The number of aromatic nitrogens is 1. The smallest absolute Gasteiger partial charge is 0.151 e. The molecule has 0 saturated carbocycles. The average Bonchev–Trinajstić information content (AvgIpc) is 2.62. The number of nitrogens with zero attached hydrogens (tertiary/aromatic N) is 1. The van der Waals surface area contributed by atoms with Crippen LogP contribution in [-0.2, 0) is 0 Å². The molecule has 2 rings (SSSR count). The van der Waals surface area contributed by atoms with E-state index in [1.165, 1.54) is 11.5 Å². The van der Waals surface area contributed by atoms with E-state index in [0.717, 1.165) is 28.2 Å². The van der Waals surface area contributed by atoms with Crippen LogP contribution in [0.2, 0.25) is 0 Å². The van der Waals surface area contributed by atoms with E-state index in [-0.39, 0.29) is 0 Å². The monoisotopic (exact) mass is 208 g/mol. The Balaban J connectivity index is 2.62. The van der Waals surface area contributed by atoms with Crippen LogP contribution in [-0.4, -0.2) is 18.0 Å². The fraction of sp³-hybridized carbons (Fsp3) is 0.300. The molecule has 0 spiro atoms. The number of nitrogens with one attached hydrogen (secondary N) is 1. The Bertz CT molecular complexity index is 439. The van der Waals surface area contributed by atoms with Crippen LogP contribution < -0.4 is 10.1 Å². The van der Waals surface area contributed by atoms with E-state index in [4.69, 9.17) is 4.74 Å². The molecule has 1 aromatic heterocycles. The van der Waals surface area contributed by atoms with Crippen LogP contribution in [0, 0.1) is 0 Å². The quantitative estimate of drug-likeness (QED) is 0.842. The molecule has 0 amide bonds. The van der Waals surface area contributed by atoms with Crippen molar-refractivity contribution < 1.29 is 4.74 Å². The van der Waals surface area contributed by atoms with Gasteiger partial charge >= 0.3 is 0 Å². The Hall–Kier alpha value is -1.29. The van der Waals surface area contributed by atoms with Gasteiger partial charge in [0.15, 0.2) is 5.82 Å². The summed E-state index contributed by atoms with van der Waals surface area (Å²) >= 11 is 1.49. The highest BCUT2D eigenvalue weighted by Gasteiger charge is 2.09. The van der Waals surface area contributed by atoms with Gasteiger partial charge < -0.3 is 10.1 Å². The fourth-order valence-corrected chi connectivity index (χ4v) is 2.19. The summed E-state index contributed by atoms with van der Waals surface area (Å²) in [5.41, 5.74) is 0. The predicted octanol–water partition coefficient (Wildman–Crippen LogP) is 2.74. The van der Waals surface area contributed by atoms with Crippen LogP contribution in [0.3, 0.4) is 0 Å². The molecule has 3 nitrogen and oxygen atoms in total. The summed E-state index contributed by atoms with van der Waals surface area (Å²) in [5, 5.41) is 4.31. The zero-order chi connectivity index (χ0) is 9.97. The SMILES string of the molecule is CCNc1nsc2cccc(OC)c12. The lowest BCUT2D eigenvalue weighted by Gasteiger charge is -2.03. The number of rotatable bonds is 3. The molecule has 4 heteroatoms. The normalized spacial score (nSPS) is 10.4. The topological polar surface area (TPSA) is 34.2 Å². The van der Waals surface area contributed by atoms with Crippen molar-refractivity contribution in [3.05, 3.63) is 18.2 Å².